The Kier molecular flexibility index (Phi) is 4.21. The number of methoxy groups -OCH3 is 2. The second-order valence-electron chi connectivity index (χ2n) is 5.31. The lowest BCUT2D eigenvalue weighted by Gasteiger charge is -2.34. The number of aromatic nitrogens is 3. The quantitative estimate of drug-likeness (QED) is 0.865. The first kappa shape index (κ1) is 15.7. The molecule has 2 aromatic rings. The molecule has 1 atom stereocenters. The number of aromatic amines is 1. The second-order valence-corrected chi connectivity index (χ2v) is 6.09. The van der Waals surface area contributed by atoms with Gasteiger partial charge in [0.05, 0.1) is 20.3 Å². The van der Waals surface area contributed by atoms with Crippen LogP contribution in [0, 0.1) is 0 Å². The van der Waals surface area contributed by atoms with Crippen LogP contribution in [-0.2, 0) is 0 Å². The van der Waals surface area contributed by atoms with Crippen LogP contribution < -0.4 is 14.4 Å². The van der Waals surface area contributed by atoms with Crippen LogP contribution in [0.1, 0.15) is 31.0 Å². The lowest BCUT2D eigenvalue weighted by atomic mass is 9.94. The molecule has 122 valence electrons. The van der Waals surface area contributed by atoms with Crippen LogP contribution in [0.5, 0.6) is 11.5 Å². The van der Waals surface area contributed by atoms with Gasteiger partial charge in [0.2, 0.25) is 11.1 Å². The fourth-order valence-corrected chi connectivity index (χ4v) is 3.24. The molecule has 1 aliphatic heterocycles. The van der Waals surface area contributed by atoms with Gasteiger partial charge >= 0.3 is 0 Å². The molecule has 1 N–H and O–H groups in total. The lowest BCUT2D eigenvalue weighted by Crippen LogP contribution is -2.29. The number of H-pyrrole nitrogens is 1. The first-order valence-electron chi connectivity index (χ1n) is 7.29. The Bertz CT molecular complexity index is 757. The molecule has 0 fully saturated rings. The minimum atomic E-state index is 0.109. The van der Waals surface area contributed by atoms with Crippen molar-refractivity contribution in [1.82, 2.24) is 15.2 Å². The number of nitrogens with one attached hydrogen (secondary N) is 1. The van der Waals surface area contributed by atoms with Gasteiger partial charge in [-0.1, -0.05) is 11.8 Å². The van der Waals surface area contributed by atoms with Crippen LogP contribution in [0.4, 0.5) is 5.95 Å². The van der Waals surface area contributed by atoms with Crippen LogP contribution in [0.3, 0.4) is 0 Å². The SMILES string of the molecule is COc1cc2c(cc1OC)C(C)N(c1nc(SC)n[nH]1)C(C)=C2. The summed E-state index contributed by atoms with van der Waals surface area (Å²) in [7, 11) is 3.30. The third-order valence-electron chi connectivity index (χ3n) is 4.03. The molecule has 0 saturated heterocycles. The van der Waals surface area contributed by atoms with E-state index in [-0.39, 0.29) is 6.04 Å². The summed E-state index contributed by atoms with van der Waals surface area (Å²) in [6.45, 7) is 4.21. The standard InChI is InChI=1S/C16H20N4O2S/c1-9-6-11-7-13(21-3)14(22-4)8-12(11)10(2)20(9)15-17-16(23-5)19-18-15/h6-8,10H,1-5H3,(H,17,18,19). The summed E-state index contributed by atoms with van der Waals surface area (Å²) < 4.78 is 10.8. The van der Waals surface area contributed by atoms with Gasteiger partial charge in [-0.15, -0.1) is 5.10 Å². The number of ether oxygens (including phenoxy) is 2. The van der Waals surface area contributed by atoms with E-state index < -0.39 is 0 Å². The number of hydrogen-bond donors (Lipinski definition) is 1. The number of thioether (sulfide) groups is 1. The molecular weight excluding hydrogens is 312 g/mol. The maximum Gasteiger partial charge on any atom is 0.226 e. The van der Waals surface area contributed by atoms with Crippen molar-refractivity contribution in [3.8, 4) is 11.5 Å². The smallest absolute Gasteiger partial charge is 0.226 e. The number of allylic oxidation sites excluding steroid dienone is 1. The first-order valence-corrected chi connectivity index (χ1v) is 8.51. The van der Waals surface area contributed by atoms with Gasteiger partial charge < -0.3 is 14.4 Å². The molecule has 0 bridgehead atoms. The first-order chi connectivity index (χ1) is 11.1. The fourth-order valence-electron chi connectivity index (χ4n) is 2.92. The Morgan fingerprint density at radius 3 is 2.52 bits per heavy atom. The summed E-state index contributed by atoms with van der Waals surface area (Å²) in [6, 6.07) is 4.15. The van der Waals surface area contributed by atoms with E-state index in [0.29, 0.717) is 0 Å². The number of benzene rings is 1. The van der Waals surface area contributed by atoms with Crippen molar-refractivity contribution in [1.29, 1.82) is 0 Å². The van der Waals surface area contributed by atoms with E-state index in [2.05, 4.69) is 40.0 Å². The Hall–Kier alpha value is -2.15. The van der Waals surface area contributed by atoms with Gasteiger partial charge in [-0.25, -0.2) is 5.10 Å². The molecule has 3 rings (SSSR count). The molecule has 0 radical (unpaired) electrons. The zero-order chi connectivity index (χ0) is 16.6. The zero-order valence-electron chi connectivity index (χ0n) is 13.9. The average Bonchev–Trinajstić information content (AvgIpc) is 3.02. The molecule has 0 saturated carbocycles. The van der Waals surface area contributed by atoms with Gasteiger partial charge in [0.25, 0.3) is 0 Å². The lowest BCUT2D eigenvalue weighted by molar-refractivity contribution is 0.354. The fraction of sp³-hybridized carbons (Fsp3) is 0.375. The molecular formula is C16H20N4O2S. The predicted octanol–water partition coefficient (Wildman–Crippen LogP) is 3.49. The van der Waals surface area contributed by atoms with Gasteiger partial charge in [0, 0.05) is 5.70 Å². The van der Waals surface area contributed by atoms with Crippen molar-refractivity contribution in [3.63, 3.8) is 0 Å². The number of nitrogens with zero attached hydrogens (tertiary/aromatic N) is 3. The molecule has 6 nitrogen and oxygen atoms in total. The van der Waals surface area contributed by atoms with Gasteiger partial charge in [0.1, 0.15) is 0 Å². The predicted molar refractivity (Wildman–Crippen MR) is 92.3 cm³/mol. The molecule has 23 heavy (non-hydrogen) atoms. The highest BCUT2D eigenvalue weighted by Crippen LogP contribution is 2.41. The van der Waals surface area contributed by atoms with Crippen molar-refractivity contribution in [2.24, 2.45) is 0 Å². The van der Waals surface area contributed by atoms with Crippen molar-refractivity contribution >= 4 is 23.8 Å². The molecule has 1 aromatic heterocycles. The van der Waals surface area contributed by atoms with E-state index in [1.54, 1.807) is 14.2 Å². The number of fused-ring (bicyclic) bond motifs is 1. The third-order valence-corrected chi connectivity index (χ3v) is 4.58. The molecule has 0 amide bonds. The van der Waals surface area contributed by atoms with E-state index in [0.717, 1.165) is 39.4 Å². The van der Waals surface area contributed by atoms with Gasteiger partial charge in [-0.2, -0.15) is 4.98 Å². The minimum Gasteiger partial charge on any atom is -0.493 e. The van der Waals surface area contributed by atoms with Crippen LogP contribution in [0.15, 0.2) is 23.0 Å². The average molecular weight is 332 g/mol. The summed E-state index contributed by atoms with van der Waals surface area (Å²) in [5.41, 5.74) is 3.39. The molecule has 1 aliphatic rings. The van der Waals surface area contributed by atoms with Gasteiger partial charge in [-0.3, -0.25) is 0 Å². The van der Waals surface area contributed by atoms with E-state index >= 15 is 0 Å². The van der Waals surface area contributed by atoms with Crippen molar-refractivity contribution in [3.05, 3.63) is 29.0 Å². The monoisotopic (exact) mass is 332 g/mol. The summed E-state index contributed by atoms with van der Waals surface area (Å²) in [4.78, 5) is 6.67. The molecule has 7 heteroatoms. The normalized spacial score (nSPS) is 16.8. The molecule has 1 aromatic carbocycles. The van der Waals surface area contributed by atoms with E-state index in [4.69, 9.17) is 9.47 Å². The van der Waals surface area contributed by atoms with Crippen LogP contribution in [0.2, 0.25) is 0 Å². The minimum absolute atomic E-state index is 0.109. The van der Waals surface area contributed by atoms with E-state index in [1.165, 1.54) is 11.8 Å². The number of hydrogen-bond acceptors (Lipinski definition) is 6. The molecule has 1 unspecified atom stereocenters. The van der Waals surface area contributed by atoms with Crippen molar-refractivity contribution in [2.45, 2.75) is 25.0 Å². The van der Waals surface area contributed by atoms with Crippen molar-refractivity contribution in [2.75, 3.05) is 25.4 Å². The summed E-state index contributed by atoms with van der Waals surface area (Å²) in [6.07, 6.45) is 4.08. The highest BCUT2D eigenvalue weighted by Gasteiger charge is 2.28. The van der Waals surface area contributed by atoms with Gasteiger partial charge in [0.15, 0.2) is 11.5 Å². The highest BCUT2D eigenvalue weighted by molar-refractivity contribution is 7.98. The topological polar surface area (TPSA) is 63.3 Å². The summed E-state index contributed by atoms with van der Waals surface area (Å²) in [5.74, 6) is 2.21. The number of rotatable bonds is 4. The Morgan fingerprint density at radius 2 is 1.91 bits per heavy atom. The van der Waals surface area contributed by atoms with Gasteiger partial charge in [-0.05, 0) is 49.4 Å². The maximum atomic E-state index is 5.44. The molecule has 0 aliphatic carbocycles. The Labute approximate surface area is 139 Å². The van der Waals surface area contributed by atoms with E-state index in [9.17, 15) is 0 Å². The third kappa shape index (κ3) is 2.65. The Morgan fingerprint density at radius 1 is 1.22 bits per heavy atom. The zero-order valence-corrected chi connectivity index (χ0v) is 14.7. The number of anilines is 1. The summed E-state index contributed by atoms with van der Waals surface area (Å²) >= 11 is 1.52. The molecule has 0 spiro atoms. The van der Waals surface area contributed by atoms with Crippen molar-refractivity contribution < 1.29 is 9.47 Å². The second kappa shape index (κ2) is 6.16. The summed E-state index contributed by atoms with van der Waals surface area (Å²) in [5, 5.41) is 7.96. The Balaban J connectivity index is 2.07. The van der Waals surface area contributed by atoms with E-state index in [1.807, 2.05) is 18.4 Å². The van der Waals surface area contributed by atoms with Crippen LogP contribution in [0.25, 0.3) is 6.08 Å². The maximum absolute atomic E-state index is 5.44. The highest BCUT2D eigenvalue weighted by atomic mass is 32.2. The molecule has 2 heterocycles. The van der Waals surface area contributed by atoms with Crippen LogP contribution in [-0.4, -0.2) is 35.7 Å². The largest absolute Gasteiger partial charge is 0.493 e. The van der Waals surface area contributed by atoms with Crippen LogP contribution >= 0.6 is 11.8 Å².